The molecule has 0 saturated carbocycles. The zero-order valence-corrected chi connectivity index (χ0v) is 16.4. The van der Waals surface area contributed by atoms with Crippen molar-refractivity contribution < 1.29 is 14.6 Å². The second-order valence-electron chi connectivity index (χ2n) is 5.27. The van der Waals surface area contributed by atoms with Crippen LogP contribution in [0.4, 0.5) is 0 Å². The van der Waals surface area contributed by atoms with E-state index in [2.05, 4.69) is 45.5 Å². The molecule has 2 rings (SSSR count). The monoisotopic (exact) mass is 422 g/mol. The third-order valence-corrected chi connectivity index (χ3v) is 5.01. The Balaban J connectivity index is 1.83. The van der Waals surface area contributed by atoms with Crippen molar-refractivity contribution in [1.82, 2.24) is 5.43 Å². The van der Waals surface area contributed by atoms with Gasteiger partial charge in [0.2, 0.25) is 5.91 Å². The van der Waals surface area contributed by atoms with Crippen LogP contribution < -0.4 is 10.2 Å². The van der Waals surface area contributed by atoms with Crippen molar-refractivity contribution >= 4 is 39.8 Å². The Hall–Kier alpha value is -1.99. The maximum absolute atomic E-state index is 11.8. The Labute approximate surface area is 159 Å². The van der Waals surface area contributed by atoms with Crippen molar-refractivity contribution in [3.63, 3.8) is 0 Å². The number of thioether (sulfide) groups is 1. The Morgan fingerprint density at radius 2 is 2.16 bits per heavy atom. The minimum atomic E-state index is -0.167. The van der Waals surface area contributed by atoms with Gasteiger partial charge in [-0.15, -0.1) is 11.8 Å². The van der Waals surface area contributed by atoms with Gasteiger partial charge in [0.25, 0.3) is 0 Å². The molecule has 0 aliphatic rings. The van der Waals surface area contributed by atoms with Crippen LogP contribution in [0.1, 0.15) is 16.7 Å². The van der Waals surface area contributed by atoms with Gasteiger partial charge in [0, 0.05) is 5.75 Å². The van der Waals surface area contributed by atoms with E-state index >= 15 is 0 Å². The molecule has 0 aromatic heterocycles. The number of benzene rings is 2. The van der Waals surface area contributed by atoms with Gasteiger partial charge in [-0.1, -0.05) is 24.3 Å². The molecule has 0 atom stereocenters. The summed E-state index contributed by atoms with van der Waals surface area (Å²) in [5, 5.41) is 13.7. The van der Waals surface area contributed by atoms with E-state index in [0.717, 1.165) is 5.75 Å². The van der Waals surface area contributed by atoms with Gasteiger partial charge in [0.1, 0.15) is 0 Å². The number of hydrogen-bond acceptors (Lipinski definition) is 5. The van der Waals surface area contributed by atoms with Gasteiger partial charge in [0.05, 0.1) is 23.5 Å². The molecule has 0 bridgehead atoms. The fourth-order valence-electron chi connectivity index (χ4n) is 2.06. The first-order valence-electron chi connectivity index (χ1n) is 7.52. The van der Waals surface area contributed by atoms with Crippen molar-refractivity contribution in [2.24, 2.45) is 5.10 Å². The van der Waals surface area contributed by atoms with Gasteiger partial charge in [-0.25, -0.2) is 5.43 Å². The number of aryl methyl sites for hydroxylation is 1. The highest BCUT2D eigenvalue weighted by Gasteiger charge is 2.07. The van der Waals surface area contributed by atoms with Crippen LogP contribution in [0.5, 0.6) is 11.5 Å². The summed E-state index contributed by atoms with van der Waals surface area (Å²) >= 11 is 4.78. The van der Waals surface area contributed by atoms with Crippen molar-refractivity contribution in [2.45, 2.75) is 12.7 Å². The molecule has 0 radical (unpaired) electrons. The predicted molar refractivity (Wildman–Crippen MR) is 105 cm³/mol. The first-order chi connectivity index (χ1) is 12.0. The van der Waals surface area contributed by atoms with Crippen molar-refractivity contribution in [1.29, 1.82) is 0 Å². The molecular weight excluding hydrogens is 404 g/mol. The van der Waals surface area contributed by atoms with E-state index < -0.39 is 0 Å². The summed E-state index contributed by atoms with van der Waals surface area (Å²) in [6, 6.07) is 11.4. The van der Waals surface area contributed by atoms with E-state index in [1.807, 2.05) is 12.1 Å². The van der Waals surface area contributed by atoms with Crippen molar-refractivity contribution in [3.05, 3.63) is 57.6 Å². The van der Waals surface area contributed by atoms with Crippen LogP contribution in [0.15, 0.2) is 46.0 Å². The molecule has 25 heavy (non-hydrogen) atoms. The highest BCUT2D eigenvalue weighted by atomic mass is 79.9. The van der Waals surface area contributed by atoms with Crippen molar-refractivity contribution in [3.8, 4) is 11.5 Å². The molecule has 0 unspecified atom stereocenters. The lowest BCUT2D eigenvalue weighted by atomic mass is 10.1. The first kappa shape index (κ1) is 19.3. The number of aromatic hydroxyl groups is 1. The quantitative estimate of drug-likeness (QED) is 0.524. The summed E-state index contributed by atoms with van der Waals surface area (Å²) in [5.41, 5.74) is 5.63. The summed E-state index contributed by atoms with van der Waals surface area (Å²) in [5.74, 6) is 1.30. The number of nitrogens with one attached hydrogen (secondary N) is 1. The molecule has 0 saturated heterocycles. The number of methoxy groups -OCH3 is 1. The number of amides is 1. The number of nitrogens with zero attached hydrogens (tertiary/aromatic N) is 1. The summed E-state index contributed by atoms with van der Waals surface area (Å²) in [4.78, 5) is 11.8. The number of hydrogen-bond donors (Lipinski definition) is 2. The second kappa shape index (κ2) is 9.48. The zero-order chi connectivity index (χ0) is 18.2. The number of carbonyl (C=O) groups is 1. The SMILES string of the molecule is COc1cc(/C=N\NC(=O)CSCc2ccccc2C)cc(Br)c1O. The van der Waals surface area contributed by atoms with E-state index in [-0.39, 0.29) is 11.7 Å². The summed E-state index contributed by atoms with van der Waals surface area (Å²) < 4.78 is 5.56. The smallest absolute Gasteiger partial charge is 0.250 e. The van der Waals surface area contributed by atoms with E-state index in [4.69, 9.17) is 4.74 Å². The molecule has 0 heterocycles. The number of halogens is 1. The van der Waals surface area contributed by atoms with Crippen LogP contribution in [0.3, 0.4) is 0 Å². The van der Waals surface area contributed by atoms with E-state index in [1.54, 1.807) is 12.1 Å². The van der Waals surface area contributed by atoms with Gasteiger partial charge in [0.15, 0.2) is 11.5 Å². The molecule has 2 aromatic rings. The number of rotatable bonds is 7. The Bertz CT molecular complexity index is 781. The fraction of sp³-hybridized carbons (Fsp3) is 0.222. The second-order valence-corrected chi connectivity index (χ2v) is 7.11. The van der Waals surface area contributed by atoms with Crippen LogP contribution >= 0.6 is 27.7 Å². The summed E-state index contributed by atoms with van der Waals surface area (Å²) in [6.45, 7) is 2.06. The van der Waals surface area contributed by atoms with Crippen LogP contribution in [-0.2, 0) is 10.5 Å². The van der Waals surface area contributed by atoms with Gasteiger partial charge in [-0.05, 0) is 51.7 Å². The van der Waals surface area contributed by atoms with E-state index in [1.165, 1.54) is 36.2 Å². The maximum atomic E-state index is 11.8. The highest BCUT2D eigenvalue weighted by Crippen LogP contribution is 2.34. The van der Waals surface area contributed by atoms with E-state index in [0.29, 0.717) is 21.5 Å². The van der Waals surface area contributed by atoms with Gasteiger partial charge < -0.3 is 9.84 Å². The molecule has 7 heteroatoms. The number of phenolic OH excluding ortho intramolecular Hbond substituents is 1. The normalized spacial score (nSPS) is 10.8. The fourth-order valence-corrected chi connectivity index (χ4v) is 3.42. The van der Waals surface area contributed by atoms with E-state index in [9.17, 15) is 9.90 Å². The maximum Gasteiger partial charge on any atom is 0.250 e. The minimum absolute atomic E-state index is 0.0243. The summed E-state index contributed by atoms with van der Waals surface area (Å²) in [6.07, 6.45) is 1.50. The lowest BCUT2D eigenvalue weighted by Crippen LogP contribution is -2.19. The number of ether oxygens (including phenoxy) is 1. The predicted octanol–water partition coefficient (Wildman–Crippen LogP) is 3.86. The highest BCUT2D eigenvalue weighted by molar-refractivity contribution is 9.10. The standard InChI is InChI=1S/C18H19BrN2O3S/c1-12-5-3-4-6-14(12)10-25-11-17(22)21-20-9-13-7-15(19)18(23)16(8-13)24-2/h3-9,23H,10-11H2,1-2H3,(H,21,22)/b20-9-. The molecule has 0 aliphatic carbocycles. The van der Waals surface area contributed by atoms with Crippen LogP contribution in [0.25, 0.3) is 0 Å². The Morgan fingerprint density at radius 3 is 2.88 bits per heavy atom. The molecule has 132 valence electrons. The molecule has 2 N–H and O–H groups in total. The number of phenols is 1. The van der Waals surface area contributed by atoms with Crippen LogP contribution in [-0.4, -0.2) is 30.1 Å². The first-order valence-corrected chi connectivity index (χ1v) is 9.46. The topological polar surface area (TPSA) is 70.9 Å². The third-order valence-electron chi connectivity index (χ3n) is 3.43. The summed E-state index contributed by atoms with van der Waals surface area (Å²) in [7, 11) is 1.47. The Morgan fingerprint density at radius 1 is 1.40 bits per heavy atom. The lowest BCUT2D eigenvalue weighted by molar-refractivity contribution is -0.118. The largest absolute Gasteiger partial charge is 0.503 e. The average Bonchev–Trinajstić information content (AvgIpc) is 2.59. The molecule has 0 fully saturated rings. The van der Waals surface area contributed by atoms with Crippen LogP contribution in [0.2, 0.25) is 0 Å². The van der Waals surface area contributed by atoms with Gasteiger partial charge in [-0.3, -0.25) is 4.79 Å². The third kappa shape index (κ3) is 5.79. The molecule has 1 amide bonds. The molecule has 2 aromatic carbocycles. The molecule has 5 nitrogen and oxygen atoms in total. The minimum Gasteiger partial charge on any atom is -0.503 e. The molecule has 0 aliphatic heterocycles. The van der Waals surface area contributed by atoms with Crippen molar-refractivity contribution in [2.75, 3.05) is 12.9 Å². The lowest BCUT2D eigenvalue weighted by Gasteiger charge is -2.06. The number of carbonyl (C=O) groups excluding carboxylic acids is 1. The van der Waals surface area contributed by atoms with Gasteiger partial charge in [-0.2, -0.15) is 5.10 Å². The zero-order valence-electron chi connectivity index (χ0n) is 14.0. The number of hydrazone groups is 1. The van der Waals surface area contributed by atoms with Gasteiger partial charge >= 0.3 is 0 Å². The molecular formula is C18H19BrN2O3S. The average molecular weight is 423 g/mol. The Kier molecular flexibility index (Phi) is 7.33. The molecule has 0 spiro atoms. The van der Waals surface area contributed by atoms with Crippen LogP contribution in [0, 0.1) is 6.92 Å².